The molecule has 0 unspecified atom stereocenters. The predicted octanol–water partition coefficient (Wildman–Crippen LogP) is 2.15. The van der Waals surface area contributed by atoms with Crippen molar-refractivity contribution in [3.05, 3.63) is 21.3 Å². The standard InChI is InChI=1S/C8H6BrClN2O3/c1-3(13)11-7-4(8(14)15)2-5(9)6(10)12-7/h2H,1H3,(H,14,15)(H,11,12,13). The van der Waals surface area contributed by atoms with Gasteiger partial charge in [0.1, 0.15) is 16.5 Å². The Morgan fingerprint density at radius 1 is 1.60 bits per heavy atom. The summed E-state index contributed by atoms with van der Waals surface area (Å²) in [6, 6.07) is 1.28. The number of amides is 1. The molecule has 0 aromatic carbocycles. The second kappa shape index (κ2) is 4.59. The third-order valence-corrected chi connectivity index (χ3v) is 2.58. The van der Waals surface area contributed by atoms with Gasteiger partial charge in [-0.1, -0.05) is 11.6 Å². The number of carboxylic acids is 1. The van der Waals surface area contributed by atoms with Crippen molar-refractivity contribution in [3.63, 3.8) is 0 Å². The number of anilines is 1. The number of hydrogen-bond donors (Lipinski definition) is 2. The molecule has 0 aliphatic carbocycles. The number of aromatic nitrogens is 1. The van der Waals surface area contributed by atoms with E-state index in [0.29, 0.717) is 4.47 Å². The Kier molecular flexibility index (Phi) is 3.65. The summed E-state index contributed by atoms with van der Waals surface area (Å²) >= 11 is 8.72. The Labute approximate surface area is 98.6 Å². The Hall–Kier alpha value is -1.14. The molecule has 0 radical (unpaired) electrons. The van der Waals surface area contributed by atoms with E-state index in [2.05, 4.69) is 26.2 Å². The van der Waals surface area contributed by atoms with Gasteiger partial charge in [-0.3, -0.25) is 4.79 Å². The van der Waals surface area contributed by atoms with Crippen molar-refractivity contribution in [2.24, 2.45) is 0 Å². The Morgan fingerprint density at radius 2 is 2.20 bits per heavy atom. The molecule has 5 nitrogen and oxygen atoms in total. The zero-order valence-electron chi connectivity index (χ0n) is 7.54. The lowest BCUT2D eigenvalue weighted by Crippen LogP contribution is -2.12. The van der Waals surface area contributed by atoms with Crippen LogP contribution >= 0.6 is 27.5 Å². The first kappa shape index (κ1) is 11.9. The number of halogens is 2. The van der Waals surface area contributed by atoms with Gasteiger partial charge in [0.25, 0.3) is 0 Å². The summed E-state index contributed by atoms with van der Waals surface area (Å²) in [6.45, 7) is 1.25. The van der Waals surface area contributed by atoms with Crippen LogP contribution in [0, 0.1) is 0 Å². The number of nitrogens with zero attached hydrogens (tertiary/aromatic N) is 1. The molecule has 2 N–H and O–H groups in total. The van der Waals surface area contributed by atoms with Crippen LogP contribution in [0.4, 0.5) is 5.82 Å². The van der Waals surface area contributed by atoms with E-state index in [9.17, 15) is 9.59 Å². The topological polar surface area (TPSA) is 79.3 Å². The number of rotatable bonds is 2. The summed E-state index contributed by atoms with van der Waals surface area (Å²) in [5.74, 6) is -1.67. The van der Waals surface area contributed by atoms with Crippen LogP contribution in [0.2, 0.25) is 5.15 Å². The molecular formula is C8H6BrClN2O3. The molecule has 1 amide bonds. The van der Waals surface area contributed by atoms with E-state index in [0.717, 1.165) is 0 Å². The van der Waals surface area contributed by atoms with Gasteiger partial charge in [-0.25, -0.2) is 9.78 Å². The van der Waals surface area contributed by atoms with E-state index in [1.54, 1.807) is 0 Å². The van der Waals surface area contributed by atoms with Gasteiger partial charge in [-0.05, 0) is 22.0 Å². The number of pyridine rings is 1. The van der Waals surface area contributed by atoms with Gasteiger partial charge in [0.2, 0.25) is 5.91 Å². The summed E-state index contributed by atoms with van der Waals surface area (Å²) < 4.78 is 0.357. The number of carbonyl (C=O) groups excluding carboxylic acids is 1. The van der Waals surface area contributed by atoms with Crippen molar-refractivity contribution in [3.8, 4) is 0 Å². The van der Waals surface area contributed by atoms with Crippen molar-refractivity contribution in [1.29, 1.82) is 0 Å². The second-order valence-electron chi connectivity index (χ2n) is 2.64. The van der Waals surface area contributed by atoms with E-state index >= 15 is 0 Å². The molecule has 0 aliphatic rings. The lowest BCUT2D eigenvalue weighted by molar-refractivity contribution is -0.114. The van der Waals surface area contributed by atoms with E-state index in [1.807, 2.05) is 0 Å². The molecule has 1 aromatic heterocycles. The monoisotopic (exact) mass is 292 g/mol. The zero-order chi connectivity index (χ0) is 11.6. The summed E-state index contributed by atoms with van der Waals surface area (Å²) in [5, 5.41) is 11.2. The second-order valence-corrected chi connectivity index (χ2v) is 3.86. The number of carbonyl (C=O) groups is 2. The van der Waals surface area contributed by atoms with Crippen molar-refractivity contribution < 1.29 is 14.7 Å². The van der Waals surface area contributed by atoms with E-state index in [1.165, 1.54) is 13.0 Å². The highest BCUT2D eigenvalue weighted by atomic mass is 79.9. The number of nitrogens with one attached hydrogen (secondary N) is 1. The number of aromatic carboxylic acids is 1. The van der Waals surface area contributed by atoms with Gasteiger partial charge < -0.3 is 10.4 Å². The normalized spacial score (nSPS) is 9.80. The Bertz CT molecular complexity index is 436. The van der Waals surface area contributed by atoms with Gasteiger partial charge >= 0.3 is 5.97 Å². The molecular weight excluding hydrogens is 287 g/mol. The largest absolute Gasteiger partial charge is 0.478 e. The van der Waals surface area contributed by atoms with Crippen LogP contribution in [-0.4, -0.2) is 22.0 Å². The van der Waals surface area contributed by atoms with Gasteiger partial charge in [-0.15, -0.1) is 0 Å². The highest BCUT2D eigenvalue weighted by Crippen LogP contribution is 2.25. The van der Waals surface area contributed by atoms with Crippen LogP contribution in [0.25, 0.3) is 0 Å². The molecule has 0 spiro atoms. The molecule has 0 saturated heterocycles. The SMILES string of the molecule is CC(=O)Nc1nc(Cl)c(Br)cc1C(=O)O. The van der Waals surface area contributed by atoms with E-state index < -0.39 is 11.9 Å². The number of hydrogen-bond acceptors (Lipinski definition) is 3. The minimum atomic E-state index is -1.19. The summed E-state index contributed by atoms with van der Waals surface area (Å²) in [6.07, 6.45) is 0. The first-order valence-corrected chi connectivity index (χ1v) is 4.96. The smallest absolute Gasteiger partial charge is 0.339 e. The highest BCUT2D eigenvalue weighted by Gasteiger charge is 2.15. The third-order valence-electron chi connectivity index (χ3n) is 1.46. The molecule has 7 heteroatoms. The zero-order valence-corrected chi connectivity index (χ0v) is 9.89. The molecule has 0 aliphatic heterocycles. The molecule has 15 heavy (non-hydrogen) atoms. The fourth-order valence-electron chi connectivity index (χ4n) is 0.891. The average Bonchev–Trinajstić information content (AvgIpc) is 2.09. The first-order valence-electron chi connectivity index (χ1n) is 3.78. The Morgan fingerprint density at radius 3 is 2.67 bits per heavy atom. The van der Waals surface area contributed by atoms with Crippen molar-refractivity contribution >= 4 is 45.2 Å². The number of carboxylic acid groups (broad SMARTS) is 1. The predicted molar refractivity (Wildman–Crippen MR) is 58.2 cm³/mol. The van der Waals surface area contributed by atoms with Gasteiger partial charge in [0, 0.05) is 6.92 Å². The van der Waals surface area contributed by atoms with Gasteiger partial charge in [-0.2, -0.15) is 0 Å². The Balaban J connectivity index is 3.28. The van der Waals surface area contributed by atoms with Crippen LogP contribution in [-0.2, 0) is 4.79 Å². The quantitative estimate of drug-likeness (QED) is 0.819. The van der Waals surface area contributed by atoms with Crippen LogP contribution in [0.3, 0.4) is 0 Å². The first-order chi connectivity index (χ1) is 6.91. The highest BCUT2D eigenvalue weighted by molar-refractivity contribution is 9.10. The summed E-state index contributed by atoms with van der Waals surface area (Å²) in [4.78, 5) is 25.3. The van der Waals surface area contributed by atoms with Gasteiger partial charge in [0.05, 0.1) is 4.47 Å². The van der Waals surface area contributed by atoms with Crippen molar-refractivity contribution in [2.75, 3.05) is 5.32 Å². The maximum Gasteiger partial charge on any atom is 0.339 e. The lowest BCUT2D eigenvalue weighted by atomic mass is 10.2. The lowest BCUT2D eigenvalue weighted by Gasteiger charge is -2.06. The van der Waals surface area contributed by atoms with Crippen LogP contribution in [0.15, 0.2) is 10.5 Å². The molecule has 1 rings (SSSR count). The molecule has 0 bridgehead atoms. The molecule has 1 aromatic rings. The van der Waals surface area contributed by atoms with E-state index in [4.69, 9.17) is 16.7 Å². The van der Waals surface area contributed by atoms with Crippen LogP contribution < -0.4 is 5.32 Å². The maximum atomic E-state index is 10.8. The maximum absolute atomic E-state index is 10.8. The summed E-state index contributed by atoms with van der Waals surface area (Å²) in [5.41, 5.74) is -0.124. The third kappa shape index (κ3) is 2.90. The molecule has 0 saturated carbocycles. The minimum absolute atomic E-state index is 0.0665. The fraction of sp³-hybridized carbons (Fsp3) is 0.125. The van der Waals surface area contributed by atoms with E-state index in [-0.39, 0.29) is 16.5 Å². The fourth-order valence-corrected chi connectivity index (χ4v) is 1.35. The van der Waals surface area contributed by atoms with Crippen LogP contribution in [0.1, 0.15) is 17.3 Å². The molecule has 0 fully saturated rings. The van der Waals surface area contributed by atoms with Crippen molar-refractivity contribution in [2.45, 2.75) is 6.92 Å². The van der Waals surface area contributed by atoms with Crippen LogP contribution in [0.5, 0.6) is 0 Å². The van der Waals surface area contributed by atoms with Crippen molar-refractivity contribution in [1.82, 2.24) is 4.98 Å². The molecule has 0 atom stereocenters. The molecule has 1 heterocycles. The minimum Gasteiger partial charge on any atom is -0.478 e. The van der Waals surface area contributed by atoms with Gasteiger partial charge in [0.15, 0.2) is 0 Å². The summed E-state index contributed by atoms with van der Waals surface area (Å²) in [7, 11) is 0. The molecule has 80 valence electrons. The average molecular weight is 294 g/mol.